The van der Waals surface area contributed by atoms with Gasteiger partial charge < -0.3 is 10.5 Å². The van der Waals surface area contributed by atoms with Crippen molar-refractivity contribution in [2.45, 2.75) is 30.4 Å². The van der Waals surface area contributed by atoms with Crippen LogP contribution >= 0.6 is 0 Å². The second-order valence-corrected chi connectivity index (χ2v) is 6.70. The highest BCUT2D eigenvalue weighted by atomic mass is 32.2. The van der Waals surface area contributed by atoms with Crippen LogP contribution in [0.15, 0.2) is 0 Å². The Bertz CT molecular complexity index is 543. The fourth-order valence-corrected chi connectivity index (χ4v) is 4.00. The lowest BCUT2D eigenvalue weighted by Gasteiger charge is -2.23. The van der Waals surface area contributed by atoms with E-state index in [4.69, 9.17) is 10.5 Å². The lowest BCUT2D eigenvalue weighted by atomic mass is 10.1. The molecular formula is C10H15N3O3S. The van der Waals surface area contributed by atoms with Gasteiger partial charge in [0.25, 0.3) is 0 Å². The van der Waals surface area contributed by atoms with Gasteiger partial charge in [0.05, 0.1) is 23.2 Å². The first-order chi connectivity index (χ1) is 8.07. The van der Waals surface area contributed by atoms with Crippen molar-refractivity contribution in [3.8, 4) is 0 Å². The third-order valence-electron chi connectivity index (χ3n) is 3.39. The van der Waals surface area contributed by atoms with Crippen LogP contribution in [0.4, 0.5) is 5.82 Å². The highest BCUT2D eigenvalue weighted by Crippen LogP contribution is 2.33. The Labute approximate surface area is 99.7 Å². The van der Waals surface area contributed by atoms with Crippen molar-refractivity contribution in [1.29, 1.82) is 0 Å². The Hall–Kier alpha value is -1.08. The number of ether oxygens (including phenoxy) is 1. The molecule has 94 valence electrons. The number of anilines is 1. The molecule has 0 amide bonds. The Morgan fingerprint density at radius 1 is 1.29 bits per heavy atom. The third-order valence-corrected chi connectivity index (χ3v) is 4.83. The molecule has 6 nitrogen and oxygen atoms in total. The van der Waals surface area contributed by atoms with E-state index in [9.17, 15) is 8.42 Å². The van der Waals surface area contributed by atoms with Crippen molar-refractivity contribution in [1.82, 2.24) is 9.78 Å². The normalized spacial score (nSPS) is 23.8. The van der Waals surface area contributed by atoms with E-state index in [2.05, 4.69) is 5.10 Å². The number of rotatable bonds is 1. The molecule has 0 bridgehead atoms. The summed E-state index contributed by atoms with van der Waals surface area (Å²) in [4.78, 5) is 0. The second kappa shape index (κ2) is 3.71. The van der Waals surface area contributed by atoms with E-state index < -0.39 is 9.84 Å². The minimum atomic E-state index is -3.01. The second-order valence-electron chi connectivity index (χ2n) is 4.63. The number of fused-ring (bicyclic) bond motifs is 1. The molecule has 0 aliphatic carbocycles. The molecule has 1 aromatic heterocycles. The summed E-state index contributed by atoms with van der Waals surface area (Å²) < 4.78 is 30.0. The summed E-state index contributed by atoms with van der Waals surface area (Å²) in [6.07, 6.45) is 1.77. The molecule has 2 N–H and O–H groups in total. The van der Waals surface area contributed by atoms with Crippen LogP contribution in [0.2, 0.25) is 0 Å². The van der Waals surface area contributed by atoms with E-state index in [0.29, 0.717) is 30.3 Å². The molecule has 1 fully saturated rings. The van der Waals surface area contributed by atoms with Crippen molar-refractivity contribution in [2.24, 2.45) is 0 Å². The standard InChI is InChI=1S/C10H15N3O3S/c11-10-8-5-17(14,15)6-9(8)12-13(10)7-1-3-16-4-2-7/h7H,1-6,11H2. The van der Waals surface area contributed by atoms with Gasteiger partial charge in [-0.25, -0.2) is 13.1 Å². The summed E-state index contributed by atoms with van der Waals surface area (Å²) in [6, 6.07) is 0.247. The zero-order valence-electron chi connectivity index (χ0n) is 9.42. The van der Waals surface area contributed by atoms with Crippen molar-refractivity contribution in [2.75, 3.05) is 18.9 Å². The van der Waals surface area contributed by atoms with Crippen LogP contribution in [-0.2, 0) is 26.1 Å². The first-order valence-corrected chi connectivity index (χ1v) is 7.53. The Morgan fingerprint density at radius 2 is 2.00 bits per heavy atom. The van der Waals surface area contributed by atoms with Gasteiger partial charge in [0, 0.05) is 18.8 Å². The Morgan fingerprint density at radius 3 is 2.65 bits per heavy atom. The fourth-order valence-electron chi connectivity index (χ4n) is 2.49. The van der Waals surface area contributed by atoms with E-state index in [0.717, 1.165) is 12.8 Å². The van der Waals surface area contributed by atoms with Crippen LogP contribution in [0.1, 0.15) is 30.1 Å². The van der Waals surface area contributed by atoms with Gasteiger partial charge in [0.1, 0.15) is 5.82 Å². The van der Waals surface area contributed by atoms with Crippen LogP contribution < -0.4 is 5.73 Å². The predicted molar refractivity (Wildman–Crippen MR) is 62.1 cm³/mol. The van der Waals surface area contributed by atoms with E-state index in [-0.39, 0.29) is 17.5 Å². The monoisotopic (exact) mass is 257 g/mol. The molecule has 17 heavy (non-hydrogen) atoms. The fraction of sp³-hybridized carbons (Fsp3) is 0.700. The van der Waals surface area contributed by atoms with Crippen molar-refractivity contribution >= 4 is 15.7 Å². The predicted octanol–water partition coefficient (Wildman–Crippen LogP) is 0.245. The third kappa shape index (κ3) is 1.83. The maximum Gasteiger partial charge on any atom is 0.160 e. The minimum absolute atomic E-state index is 0.0305. The zero-order chi connectivity index (χ0) is 12.0. The Balaban J connectivity index is 1.94. The van der Waals surface area contributed by atoms with Gasteiger partial charge in [0.2, 0.25) is 0 Å². The van der Waals surface area contributed by atoms with Gasteiger partial charge in [0.15, 0.2) is 9.84 Å². The number of hydrogen-bond acceptors (Lipinski definition) is 5. The van der Waals surface area contributed by atoms with E-state index in [1.807, 2.05) is 0 Å². The molecule has 0 atom stereocenters. The molecule has 0 aromatic carbocycles. The summed E-state index contributed by atoms with van der Waals surface area (Å²) in [5.41, 5.74) is 7.34. The van der Waals surface area contributed by atoms with Crippen LogP contribution in [-0.4, -0.2) is 31.4 Å². The van der Waals surface area contributed by atoms with Gasteiger partial charge in [-0.1, -0.05) is 0 Å². The van der Waals surface area contributed by atoms with Gasteiger partial charge in [-0.05, 0) is 12.8 Å². The lowest BCUT2D eigenvalue weighted by molar-refractivity contribution is 0.0668. The van der Waals surface area contributed by atoms with E-state index in [1.165, 1.54) is 0 Å². The number of sulfone groups is 1. The van der Waals surface area contributed by atoms with E-state index in [1.54, 1.807) is 4.68 Å². The Kier molecular flexibility index (Phi) is 2.41. The van der Waals surface area contributed by atoms with Crippen LogP contribution in [0.5, 0.6) is 0 Å². The molecule has 3 heterocycles. The molecule has 7 heteroatoms. The number of aromatic nitrogens is 2. The maximum absolute atomic E-state index is 11.5. The molecule has 1 aromatic rings. The summed E-state index contributed by atoms with van der Waals surface area (Å²) in [7, 11) is -3.01. The average molecular weight is 257 g/mol. The molecule has 0 radical (unpaired) electrons. The molecule has 1 saturated heterocycles. The maximum atomic E-state index is 11.5. The summed E-state index contributed by atoms with van der Waals surface area (Å²) in [6.45, 7) is 1.43. The lowest BCUT2D eigenvalue weighted by Crippen LogP contribution is -2.22. The first kappa shape index (κ1) is 11.0. The number of nitrogen functional groups attached to an aromatic ring is 1. The van der Waals surface area contributed by atoms with Crippen molar-refractivity contribution < 1.29 is 13.2 Å². The average Bonchev–Trinajstić information content (AvgIpc) is 2.75. The van der Waals surface area contributed by atoms with Crippen LogP contribution in [0, 0.1) is 0 Å². The van der Waals surface area contributed by atoms with Gasteiger partial charge >= 0.3 is 0 Å². The molecular weight excluding hydrogens is 242 g/mol. The highest BCUT2D eigenvalue weighted by Gasteiger charge is 2.32. The van der Waals surface area contributed by atoms with Crippen molar-refractivity contribution in [3.63, 3.8) is 0 Å². The highest BCUT2D eigenvalue weighted by molar-refractivity contribution is 7.90. The molecule has 3 rings (SSSR count). The quantitative estimate of drug-likeness (QED) is 0.779. The smallest absolute Gasteiger partial charge is 0.160 e. The topological polar surface area (TPSA) is 87.2 Å². The summed E-state index contributed by atoms with van der Waals surface area (Å²) in [5, 5.41) is 4.37. The minimum Gasteiger partial charge on any atom is -0.384 e. The SMILES string of the molecule is Nc1c2c(nn1C1CCOCC1)CS(=O)(=O)C2. The summed E-state index contributed by atoms with van der Waals surface area (Å²) in [5.74, 6) is 0.591. The van der Waals surface area contributed by atoms with Crippen LogP contribution in [0.25, 0.3) is 0 Å². The van der Waals surface area contributed by atoms with Gasteiger partial charge in [-0.15, -0.1) is 0 Å². The largest absolute Gasteiger partial charge is 0.384 e. The van der Waals surface area contributed by atoms with Crippen LogP contribution in [0.3, 0.4) is 0 Å². The molecule has 0 unspecified atom stereocenters. The first-order valence-electron chi connectivity index (χ1n) is 5.71. The van der Waals surface area contributed by atoms with Gasteiger partial charge in [-0.3, -0.25) is 0 Å². The van der Waals surface area contributed by atoms with Crippen molar-refractivity contribution in [3.05, 3.63) is 11.3 Å². The number of nitrogens with two attached hydrogens (primary N) is 1. The molecule has 2 aliphatic heterocycles. The number of hydrogen-bond donors (Lipinski definition) is 1. The molecule has 0 saturated carbocycles. The summed E-state index contributed by atoms with van der Waals surface area (Å²) >= 11 is 0. The van der Waals surface area contributed by atoms with Gasteiger partial charge in [-0.2, -0.15) is 5.10 Å². The zero-order valence-corrected chi connectivity index (χ0v) is 10.2. The molecule has 0 spiro atoms. The van der Waals surface area contributed by atoms with E-state index >= 15 is 0 Å². The molecule has 2 aliphatic rings. The number of nitrogens with zero attached hydrogens (tertiary/aromatic N) is 2.